The van der Waals surface area contributed by atoms with Crippen molar-refractivity contribution in [3.05, 3.63) is 23.8 Å². The average molecular weight is 275 g/mol. The molecule has 20 heavy (non-hydrogen) atoms. The molecule has 6 nitrogen and oxygen atoms in total. The highest BCUT2D eigenvalue weighted by Gasteiger charge is 2.11. The van der Waals surface area contributed by atoms with Gasteiger partial charge in [0.2, 0.25) is 0 Å². The Bertz CT molecular complexity index is 552. The lowest BCUT2D eigenvalue weighted by molar-refractivity contribution is 0.121. The zero-order chi connectivity index (χ0) is 14.4. The third-order valence-electron chi connectivity index (χ3n) is 3.07. The van der Waals surface area contributed by atoms with Crippen molar-refractivity contribution in [2.45, 2.75) is 33.2 Å². The van der Waals surface area contributed by atoms with Crippen LogP contribution in [-0.2, 0) is 11.3 Å². The number of nitrogens with zero attached hydrogens (tertiary/aromatic N) is 4. The van der Waals surface area contributed by atoms with Crippen LogP contribution >= 0.6 is 0 Å². The molecule has 0 aliphatic heterocycles. The van der Waals surface area contributed by atoms with Crippen LogP contribution in [0.25, 0.3) is 11.4 Å². The highest BCUT2D eigenvalue weighted by molar-refractivity contribution is 5.71. The predicted molar refractivity (Wildman–Crippen MR) is 78.1 cm³/mol. The van der Waals surface area contributed by atoms with Gasteiger partial charge in [0.1, 0.15) is 0 Å². The van der Waals surface area contributed by atoms with Crippen molar-refractivity contribution >= 4 is 5.69 Å². The zero-order valence-electron chi connectivity index (χ0n) is 12.0. The first-order valence-electron chi connectivity index (χ1n) is 6.92. The molecule has 1 aromatic carbocycles. The molecule has 0 fully saturated rings. The summed E-state index contributed by atoms with van der Waals surface area (Å²) in [7, 11) is 0. The van der Waals surface area contributed by atoms with E-state index in [2.05, 4.69) is 22.4 Å². The lowest BCUT2D eigenvalue weighted by atomic mass is 10.1. The molecule has 2 rings (SSSR count). The minimum Gasteiger partial charge on any atom is -0.398 e. The molecule has 0 radical (unpaired) electrons. The van der Waals surface area contributed by atoms with E-state index in [0.717, 1.165) is 30.6 Å². The summed E-state index contributed by atoms with van der Waals surface area (Å²) in [6, 6.07) is 5.84. The quantitative estimate of drug-likeness (QED) is 0.618. The van der Waals surface area contributed by atoms with Crippen LogP contribution in [0.1, 0.15) is 25.3 Å². The van der Waals surface area contributed by atoms with E-state index in [-0.39, 0.29) is 0 Å². The topological polar surface area (TPSA) is 78.8 Å². The Balaban J connectivity index is 2.06. The van der Waals surface area contributed by atoms with Gasteiger partial charge in [0.15, 0.2) is 5.82 Å². The maximum Gasteiger partial charge on any atom is 0.184 e. The van der Waals surface area contributed by atoms with E-state index in [9.17, 15) is 0 Å². The first kappa shape index (κ1) is 14.5. The predicted octanol–water partition coefficient (Wildman–Crippen LogP) is 2.05. The molecule has 2 N–H and O–H groups in total. The molecular weight excluding hydrogens is 254 g/mol. The summed E-state index contributed by atoms with van der Waals surface area (Å²) in [5.74, 6) is 0.685. The van der Waals surface area contributed by atoms with Crippen LogP contribution in [0.5, 0.6) is 0 Å². The molecule has 0 atom stereocenters. The third kappa shape index (κ3) is 3.54. The fraction of sp³-hybridized carbons (Fsp3) is 0.500. The summed E-state index contributed by atoms with van der Waals surface area (Å²) in [5, 5.41) is 11.8. The lowest BCUT2D eigenvalue weighted by Crippen LogP contribution is -2.10. The van der Waals surface area contributed by atoms with Crippen molar-refractivity contribution in [1.29, 1.82) is 0 Å². The van der Waals surface area contributed by atoms with Gasteiger partial charge in [-0.05, 0) is 35.9 Å². The molecule has 2 aromatic rings. The van der Waals surface area contributed by atoms with Gasteiger partial charge in [-0.1, -0.05) is 25.0 Å². The number of aryl methyl sites for hydroxylation is 1. The monoisotopic (exact) mass is 275 g/mol. The number of unbranched alkanes of at least 4 members (excludes halogenated alkanes) is 1. The summed E-state index contributed by atoms with van der Waals surface area (Å²) >= 11 is 0. The summed E-state index contributed by atoms with van der Waals surface area (Å²) in [5.41, 5.74) is 8.68. The number of hydrogen-bond donors (Lipinski definition) is 1. The van der Waals surface area contributed by atoms with E-state index in [4.69, 9.17) is 10.5 Å². The average Bonchev–Trinajstić information content (AvgIpc) is 2.89. The van der Waals surface area contributed by atoms with Gasteiger partial charge in [-0.15, -0.1) is 5.10 Å². The Labute approximate surface area is 118 Å². The van der Waals surface area contributed by atoms with Gasteiger partial charge in [0.25, 0.3) is 0 Å². The fourth-order valence-electron chi connectivity index (χ4n) is 1.91. The standard InChI is InChI=1S/C14H21N5O/c1-3-4-8-20-9-7-19-14(16-17-18-19)12-10-11(2)5-6-13(12)15/h5-6,10H,3-4,7-9,15H2,1-2H3. The van der Waals surface area contributed by atoms with Crippen molar-refractivity contribution in [1.82, 2.24) is 20.2 Å². The van der Waals surface area contributed by atoms with Gasteiger partial charge in [-0.25, -0.2) is 4.68 Å². The van der Waals surface area contributed by atoms with Gasteiger partial charge in [-0.2, -0.15) is 0 Å². The second-order valence-corrected chi connectivity index (χ2v) is 4.78. The Morgan fingerprint density at radius 2 is 2.15 bits per heavy atom. The summed E-state index contributed by atoms with van der Waals surface area (Å²) < 4.78 is 7.28. The van der Waals surface area contributed by atoms with Crippen LogP contribution in [0.15, 0.2) is 18.2 Å². The lowest BCUT2D eigenvalue weighted by Gasteiger charge is -2.08. The number of tetrazole rings is 1. The SMILES string of the molecule is CCCCOCCn1nnnc1-c1cc(C)ccc1N. The molecule has 0 amide bonds. The van der Waals surface area contributed by atoms with Crippen molar-refractivity contribution in [3.63, 3.8) is 0 Å². The van der Waals surface area contributed by atoms with Crippen LogP contribution in [0.3, 0.4) is 0 Å². The van der Waals surface area contributed by atoms with Gasteiger partial charge >= 0.3 is 0 Å². The molecule has 0 saturated carbocycles. The molecule has 0 unspecified atom stereocenters. The molecule has 0 saturated heterocycles. The Kier molecular flexibility index (Phi) is 5.06. The van der Waals surface area contributed by atoms with Crippen LogP contribution < -0.4 is 5.73 Å². The van der Waals surface area contributed by atoms with Gasteiger partial charge in [0.05, 0.1) is 13.2 Å². The van der Waals surface area contributed by atoms with Crippen molar-refractivity contribution in [2.24, 2.45) is 0 Å². The fourth-order valence-corrected chi connectivity index (χ4v) is 1.91. The van der Waals surface area contributed by atoms with E-state index in [1.165, 1.54) is 0 Å². The smallest absolute Gasteiger partial charge is 0.184 e. The maximum atomic E-state index is 6.00. The number of nitrogens with two attached hydrogens (primary N) is 1. The normalized spacial score (nSPS) is 10.9. The minimum atomic E-state index is 0.601. The Hall–Kier alpha value is -1.95. The zero-order valence-corrected chi connectivity index (χ0v) is 12.0. The van der Waals surface area contributed by atoms with E-state index in [1.54, 1.807) is 4.68 Å². The maximum absolute atomic E-state index is 6.00. The largest absolute Gasteiger partial charge is 0.398 e. The Morgan fingerprint density at radius 3 is 2.95 bits per heavy atom. The van der Waals surface area contributed by atoms with Crippen molar-refractivity contribution < 1.29 is 4.74 Å². The number of aromatic nitrogens is 4. The number of rotatable bonds is 7. The summed E-state index contributed by atoms with van der Waals surface area (Å²) in [4.78, 5) is 0. The van der Waals surface area contributed by atoms with Crippen molar-refractivity contribution in [3.8, 4) is 11.4 Å². The Morgan fingerprint density at radius 1 is 1.30 bits per heavy atom. The first-order valence-corrected chi connectivity index (χ1v) is 6.92. The first-order chi connectivity index (χ1) is 9.72. The highest BCUT2D eigenvalue weighted by Crippen LogP contribution is 2.24. The number of hydrogen-bond acceptors (Lipinski definition) is 5. The molecule has 108 valence electrons. The number of nitrogen functional groups attached to an aromatic ring is 1. The number of ether oxygens (including phenoxy) is 1. The van der Waals surface area contributed by atoms with Crippen LogP contribution in [0, 0.1) is 6.92 Å². The van der Waals surface area contributed by atoms with Gasteiger partial charge in [-0.3, -0.25) is 0 Å². The molecular formula is C14H21N5O. The molecule has 0 bridgehead atoms. The molecule has 6 heteroatoms. The molecule has 0 aliphatic carbocycles. The molecule has 1 aromatic heterocycles. The molecule has 0 spiro atoms. The number of benzene rings is 1. The van der Waals surface area contributed by atoms with Crippen LogP contribution in [-0.4, -0.2) is 33.4 Å². The van der Waals surface area contributed by atoms with E-state index >= 15 is 0 Å². The van der Waals surface area contributed by atoms with Gasteiger partial charge < -0.3 is 10.5 Å². The van der Waals surface area contributed by atoms with Crippen LogP contribution in [0.2, 0.25) is 0 Å². The van der Waals surface area contributed by atoms with E-state index in [0.29, 0.717) is 24.7 Å². The second kappa shape index (κ2) is 7.00. The highest BCUT2D eigenvalue weighted by atomic mass is 16.5. The third-order valence-corrected chi connectivity index (χ3v) is 3.07. The van der Waals surface area contributed by atoms with E-state index in [1.807, 2.05) is 25.1 Å². The van der Waals surface area contributed by atoms with Gasteiger partial charge in [0, 0.05) is 17.9 Å². The summed E-state index contributed by atoms with van der Waals surface area (Å²) in [6.07, 6.45) is 2.21. The molecule has 0 aliphatic rings. The number of anilines is 1. The minimum absolute atomic E-state index is 0.601. The second-order valence-electron chi connectivity index (χ2n) is 4.78. The van der Waals surface area contributed by atoms with E-state index < -0.39 is 0 Å². The summed E-state index contributed by atoms with van der Waals surface area (Å²) in [6.45, 7) is 6.16. The van der Waals surface area contributed by atoms with Crippen molar-refractivity contribution in [2.75, 3.05) is 18.9 Å². The van der Waals surface area contributed by atoms with Crippen LogP contribution in [0.4, 0.5) is 5.69 Å². The molecule has 1 heterocycles.